The van der Waals surface area contributed by atoms with E-state index in [1.54, 1.807) is 12.1 Å². The van der Waals surface area contributed by atoms with Gasteiger partial charge in [0.05, 0.1) is 0 Å². The van der Waals surface area contributed by atoms with Gasteiger partial charge in [-0.05, 0) is 12.0 Å². The summed E-state index contributed by atoms with van der Waals surface area (Å²) in [6.07, 6.45) is 1.04. The summed E-state index contributed by atoms with van der Waals surface area (Å²) in [5, 5.41) is 3.37. The molecule has 0 spiro atoms. The minimum Gasteiger partial charge on any atom is -0.294 e. The van der Waals surface area contributed by atoms with Crippen molar-refractivity contribution in [3.63, 3.8) is 0 Å². The Morgan fingerprint density at radius 2 is 2.07 bits per heavy atom. The van der Waals surface area contributed by atoms with Gasteiger partial charge in [-0.2, -0.15) is 0 Å². The molecule has 0 N–H and O–H groups in total. The van der Waals surface area contributed by atoms with Crippen LogP contribution < -0.4 is 0 Å². The van der Waals surface area contributed by atoms with Gasteiger partial charge in [0.25, 0.3) is 0 Å². The van der Waals surface area contributed by atoms with Crippen LogP contribution in [0.1, 0.15) is 23.2 Å². The van der Waals surface area contributed by atoms with Crippen molar-refractivity contribution >= 4 is 5.78 Å². The highest BCUT2D eigenvalue weighted by atomic mass is 16.1. The van der Waals surface area contributed by atoms with Crippen LogP contribution in [0.2, 0.25) is 0 Å². The van der Waals surface area contributed by atoms with Gasteiger partial charge in [-0.3, -0.25) is 4.79 Å². The van der Waals surface area contributed by atoms with Crippen LogP contribution in [0.5, 0.6) is 0 Å². The number of azide groups is 1. The summed E-state index contributed by atoms with van der Waals surface area (Å²) >= 11 is 0. The Balaban J connectivity index is 2.40. The van der Waals surface area contributed by atoms with Gasteiger partial charge in [0.2, 0.25) is 0 Å². The maximum absolute atomic E-state index is 11.5. The molecule has 0 aliphatic rings. The van der Waals surface area contributed by atoms with Crippen molar-refractivity contribution in [2.75, 3.05) is 6.54 Å². The number of ketones is 1. The lowest BCUT2D eigenvalue weighted by molar-refractivity contribution is 0.0981. The molecule has 0 unspecified atom stereocenters. The van der Waals surface area contributed by atoms with Gasteiger partial charge in [-0.25, -0.2) is 0 Å². The summed E-state index contributed by atoms with van der Waals surface area (Å²) in [5.74, 6) is 0.0961. The van der Waals surface area contributed by atoms with Crippen LogP contribution in [-0.4, -0.2) is 12.3 Å². The van der Waals surface area contributed by atoms with E-state index in [4.69, 9.17) is 5.53 Å². The Morgan fingerprint density at radius 3 is 2.71 bits per heavy atom. The summed E-state index contributed by atoms with van der Waals surface area (Å²) in [7, 11) is 0. The van der Waals surface area contributed by atoms with E-state index in [2.05, 4.69) is 10.0 Å². The van der Waals surface area contributed by atoms with Crippen molar-refractivity contribution in [1.29, 1.82) is 0 Å². The number of rotatable bonds is 5. The highest BCUT2D eigenvalue weighted by molar-refractivity contribution is 5.95. The van der Waals surface area contributed by atoms with E-state index in [0.29, 0.717) is 24.9 Å². The highest BCUT2D eigenvalue weighted by Crippen LogP contribution is 2.04. The molecule has 4 nitrogen and oxygen atoms in total. The molecule has 0 amide bonds. The van der Waals surface area contributed by atoms with Crippen molar-refractivity contribution in [2.24, 2.45) is 5.11 Å². The summed E-state index contributed by atoms with van der Waals surface area (Å²) in [4.78, 5) is 14.1. The molecule has 1 rings (SSSR count). The molecule has 0 radical (unpaired) electrons. The molecule has 0 aromatic heterocycles. The first-order valence-corrected chi connectivity index (χ1v) is 4.43. The second-order valence-electron chi connectivity index (χ2n) is 2.85. The first kappa shape index (κ1) is 10.3. The lowest BCUT2D eigenvalue weighted by Gasteiger charge is -1.97. The van der Waals surface area contributed by atoms with Crippen molar-refractivity contribution in [2.45, 2.75) is 12.8 Å². The van der Waals surface area contributed by atoms with Gasteiger partial charge >= 0.3 is 0 Å². The van der Waals surface area contributed by atoms with E-state index in [0.717, 1.165) is 0 Å². The second kappa shape index (κ2) is 5.78. The smallest absolute Gasteiger partial charge is 0.162 e. The van der Waals surface area contributed by atoms with E-state index >= 15 is 0 Å². The average Bonchev–Trinajstić information content (AvgIpc) is 2.25. The summed E-state index contributed by atoms with van der Waals surface area (Å²) in [6.45, 7) is 0.384. The summed E-state index contributed by atoms with van der Waals surface area (Å²) in [5.41, 5.74) is 8.74. The number of hydrogen-bond donors (Lipinski definition) is 0. The first-order valence-electron chi connectivity index (χ1n) is 4.43. The molecule has 4 heteroatoms. The minimum atomic E-state index is 0.0961. The Hall–Kier alpha value is -1.80. The predicted molar refractivity (Wildman–Crippen MR) is 54.0 cm³/mol. The Bertz CT molecular complexity index is 342. The first-order chi connectivity index (χ1) is 6.84. The molecule has 0 fully saturated rings. The van der Waals surface area contributed by atoms with Crippen LogP contribution in [0.4, 0.5) is 0 Å². The molecular formula is C10H11N3O. The molecule has 14 heavy (non-hydrogen) atoms. The van der Waals surface area contributed by atoms with E-state index in [9.17, 15) is 4.79 Å². The number of hydrogen-bond acceptors (Lipinski definition) is 2. The van der Waals surface area contributed by atoms with Crippen molar-refractivity contribution in [3.05, 3.63) is 46.3 Å². The van der Waals surface area contributed by atoms with Crippen molar-refractivity contribution in [3.8, 4) is 0 Å². The predicted octanol–water partition coefficient (Wildman–Crippen LogP) is 2.96. The van der Waals surface area contributed by atoms with Crippen LogP contribution in [-0.2, 0) is 0 Å². The molecule has 0 aliphatic heterocycles. The van der Waals surface area contributed by atoms with Gasteiger partial charge in [0.15, 0.2) is 5.78 Å². The molecule has 0 saturated carbocycles. The third-order valence-electron chi connectivity index (χ3n) is 1.82. The molecule has 1 aromatic carbocycles. The quantitative estimate of drug-likeness (QED) is 0.231. The maximum atomic E-state index is 11.5. The zero-order valence-corrected chi connectivity index (χ0v) is 7.76. The minimum absolute atomic E-state index is 0.0961. The molecule has 1 aromatic rings. The Labute approximate surface area is 82.2 Å². The number of Topliss-reactive ketones (excluding diaryl/α,β-unsaturated/α-hetero) is 1. The number of carbonyl (C=O) groups excluding carboxylic acids is 1. The Morgan fingerprint density at radius 1 is 1.36 bits per heavy atom. The molecule has 72 valence electrons. The van der Waals surface area contributed by atoms with E-state index in [1.807, 2.05) is 18.2 Å². The largest absolute Gasteiger partial charge is 0.294 e. The average molecular weight is 189 g/mol. The lowest BCUT2D eigenvalue weighted by atomic mass is 10.1. The third-order valence-corrected chi connectivity index (χ3v) is 1.82. The topological polar surface area (TPSA) is 65.8 Å². The zero-order valence-electron chi connectivity index (χ0n) is 7.76. The number of carbonyl (C=O) groups is 1. The Kier molecular flexibility index (Phi) is 4.24. The third kappa shape index (κ3) is 3.29. The van der Waals surface area contributed by atoms with Gasteiger partial charge in [-0.15, -0.1) is 0 Å². The van der Waals surface area contributed by atoms with Gasteiger partial charge in [0.1, 0.15) is 0 Å². The van der Waals surface area contributed by atoms with Crippen LogP contribution in [0, 0.1) is 0 Å². The molecule has 0 aliphatic carbocycles. The molecular weight excluding hydrogens is 178 g/mol. The summed E-state index contributed by atoms with van der Waals surface area (Å²) < 4.78 is 0. The highest BCUT2D eigenvalue weighted by Gasteiger charge is 2.02. The van der Waals surface area contributed by atoms with E-state index in [-0.39, 0.29) is 5.78 Å². The number of benzene rings is 1. The van der Waals surface area contributed by atoms with Crippen molar-refractivity contribution < 1.29 is 4.79 Å². The summed E-state index contributed by atoms with van der Waals surface area (Å²) in [6, 6.07) is 9.11. The standard InChI is InChI=1S/C10H11N3O/c11-13-12-8-4-7-10(14)9-5-2-1-3-6-9/h1-3,5-6H,4,7-8H2. The SMILES string of the molecule is [N-]=[N+]=NCCCC(=O)c1ccccc1. The number of nitrogens with zero attached hydrogens (tertiary/aromatic N) is 3. The normalized spacial score (nSPS) is 9.14. The second-order valence-corrected chi connectivity index (χ2v) is 2.85. The van der Waals surface area contributed by atoms with Gasteiger partial charge in [0, 0.05) is 23.4 Å². The molecule has 0 heterocycles. The zero-order chi connectivity index (χ0) is 10.2. The monoisotopic (exact) mass is 189 g/mol. The fraction of sp³-hybridized carbons (Fsp3) is 0.300. The van der Waals surface area contributed by atoms with Crippen molar-refractivity contribution in [1.82, 2.24) is 0 Å². The van der Waals surface area contributed by atoms with Crippen LogP contribution in [0.15, 0.2) is 35.4 Å². The van der Waals surface area contributed by atoms with Gasteiger partial charge < -0.3 is 0 Å². The van der Waals surface area contributed by atoms with E-state index < -0.39 is 0 Å². The van der Waals surface area contributed by atoms with Crippen LogP contribution >= 0.6 is 0 Å². The van der Waals surface area contributed by atoms with E-state index in [1.165, 1.54) is 0 Å². The van der Waals surface area contributed by atoms with Crippen LogP contribution in [0.25, 0.3) is 10.4 Å². The van der Waals surface area contributed by atoms with Crippen LogP contribution in [0.3, 0.4) is 0 Å². The fourth-order valence-corrected chi connectivity index (χ4v) is 1.12. The van der Waals surface area contributed by atoms with Gasteiger partial charge in [-0.1, -0.05) is 35.4 Å². The molecule has 0 atom stereocenters. The molecule has 0 bridgehead atoms. The maximum Gasteiger partial charge on any atom is 0.162 e. The fourth-order valence-electron chi connectivity index (χ4n) is 1.12. The lowest BCUT2D eigenvalue weighted by Crippen LogP contribution is -1.98. The molecule has 0 saturated heterocycles.